The van der Waals surface area contributed by atoms with Crippen LogP contribution in [0.2, 0.25) is 5.02 Å². The molecule has 2 aromatic carbocycles. The molecule has 0 aliphatic rings. The van der Waals surface area contributed by atoms with Crippen LogP contribution in [0, 0.1) is 22.9 Å². The van der Waals surface area contributed by atoms with Gasteiger partial charge in [0, 0.05) is 17.3 Å². The van der Waals surface area contributed by atoms with Gasteiger partial charge in [-0.2, -0.15) is 0 Å². The van der Waals surface area contributed by atoms with Gasteiger partial charge in [-0.15, -0.1) is 0 Å². The van der Waals surface area contributed by atoms with Crippen molar-refractivity contribution in [2.75, 3.05) is 5.32 Å². The molecule has 0 spiro atoms. The third-order valence-corrected chi connectivity index (χ3v) is 3.77. The van der Waals surface area contributed by atoms with Crippen LogP contribution in [-0.2, 0) is 9.53 Å². The SMILES string of the molecule is Cc1ccc(C(=O)O[C@@H](C)C(=O)Nc2ccc(F)c(Cl)c2)cc1[N+](=O)[O-]. The maximum Gasteiger partial charge on any atom is 0.339 e. The lowest BCUT2D eigenvalue weighted by Gasteiger charge is -2.14. The number of nitrogens with zero attached hydrogens (tertiary/aromatic N) is 1. The minimum absolute atomic E-state index is 0.0493. The molecular weight excluding hydrogens is 367 g/mol. The average Bonchev–Trinajstić information content (AvgIpc) is 2.58. The summed E-state index contributed by atoms with van der Waals surface area (Å²) in [5.74, 6) is -2.18. The van der Waals surface area contributed by atoms with Crippen LogP contribution in [0.3, 0.4) is 0 Å². The predicted octanol–water partition coefficient (Wildman–Crippen LogP) is 3.88. The number of nitro benzene ring substituents is 1. The molecule has 26 heavy (non-hydrogen) atoms. The van der Waals surface area contributed by atoms with Gasteiger partial charge in [0.05, 0.1) is 15.5 Å². The Labute approximate surface area is 152 Å². The second kappa shape index (κ2) is 7.92. The summed E-state index contributed by atoms with van der Waals surface area (Å²) < 4.78 is 18.1. The number of hydrogen-bond donors (Lipinski definition) is 1. The van der Waals surface area contributed by atoms with Crippen molar-refractivity contribution in [1.82, 2.24) is 0 Å². The third-order valence-electron chi connectivity index (χ3n) is 3.48. The molecule has 0 heterocycles. The number of anilines is 1. The van der Waals surface area contributed by atoms with E-state index >= 15 is 0 Å². The van der Waals surface area contributed by atoms with E-state index in [1.807, 2.05) is 0 Å². The standard InChI is InChI=1S/C17H14ClFN2O5/c1-9-3-4-11(7-15(9)21(24)25)17(23)26-10(2)16(22)20-12-5-6-14(19)13(18)8-12/h3-8,10H,1-2H3,(H,20,22)/t10-/m0/s1. The molecule has 0 aromatic heterocycles. The van der Waals surface area contributed by atoms with Crippen molar-refractivity contribution < 1.29 is 23.6 Å². The lowest BCUT2D eigenvalue weighted by molar-refractivity contribution is -0.385. The zero-order valence-electron chi connectivity index (χ0n) is 13.8. The van der Waals surface area contributed by atoms with Crippen LogP contribution in [0.1, 0.15) is 22.8 Å². The molecule has 9 heteroatoms. The number of carbonyl (C=O) groups excluding carboxylic acids is 2. The predicted molar refractivity (Wildman–Crippen MR) is 92.8 cm³/mol. The van der Waals surface area contributed by atoms with Crippen molar-refractivity contribution in [2.45, 2.75) is 20.0 Å². The Hall–Kier alpha value is -3.00. The Kier molecular flexibility index (Phi) is 5.89. The molecule has 0 saturated carbocycles. The van der Waals surface area contributed by atoms with Gasteiger partial charge in [0.2, 0.25) is 0 Å². The minimum Gasteiger partial charge on any atom is -0.449 e. The second-order valence-electron chi connectivity index (χ2n) is 5.42. The summed E-state index contributed by atoms with van der Waals surface area (Å²) in [7, 11) is 0. The van der Waals surface area contributed by atoms with E-state index in [1.165, 1.54) is 38.1 Å². The maximum absolute atomic E-state index is 13.1. The number of rotatable bonds is 5. The van der Waals surface area contributed by atoms with E-state index in [1.54, 1.807) is 0 Å². The van der Waals surface area contributed by atoms with Crippen molar-refractivity contribution in [3.8, 4) is 0 Å². The van der Waals surface area contributed by atoms with E-state index in [9.17, 15) is 24.1 Å². The first-order valence-corrected chi connectivity index (χ1v) is 7.78. The van der Waals surface area contributed by atoms with E-state index in [2.05, 4.69) is 5.32 Å². The van der Waals surface area contributed by atoms with E-state index in [-0.39, 0.29) is 22.0 Å². The van der Waals surface area contributed by atoms with Gasteiger partial charge in [-0.3, -0.25) is 14.9 Å². The molecule has 2 aromatic rings. The molecule has 1 atom stereocenters. The van der Waals surface area contributed by atoms with E-state index < -0.39 is 28.7 Å². The zero-order valence-corrected chi connectivity index (χ0v) is 14.5. The summed E-state index contributed by atoms with van der Waals surface area (Å²) in [4.78, 5) is 34.5. The number of amides is 1. The van der Waals surface area contributed by atoms with Gasteiger partial charge in [-0.25, -0.2) is 9.18 Å². The molecule has 0 radical (unpaired) electrons. The molecule has 0 aliphatic carbocycles. The largest absolute Gasteiger partial charge is 0.449 e. The van der Waals surface area contributed by atoms with Gasteiger partial charge in [-0.05, 0) is 38.1 Å². The second-order valence-corrected chi connectivity index (χ2v) is 5.83. The molecule has 0 fully saturated rings. The number of esters is 1. The fourth-order valence-electron chi connectivity index (χ4n) is 2.03. The van der Waals surface area contributed by atoms with Crippen LogP contribution in [-0.4, -0.2) is 22.9 Å². The summed E-state index contributed by atoms with van der Waals surface area (Å²) in [5, 5.41) is 13.2. The maximum atomic E-state index is 13.1. The van der Waals surface area contributed by atoms with Gasteiger partial charge in [0.15, 0.2) is 6.10 Å². The third kappa shape index (κ3) is 4.54. The van der Waals surface area contributed by atoms with Crippen molar-refractivity contribution in [3.05, 3.63) is 68.5 Å². The van der Waals surface area contributed by atoms with Crippen molar-refractivity contribution in [1.29, 1.82) is 0 Å². The van der Waals surface area contributed by atoms with Gasteiger partial charge >= 0.3 is 5.97 Å². The molecule has 0 aliphatic heterocycles. The molecule has 7 nitrogen and oxygen atoms in total. The minimum atomic E-state index is -1.19. The molecule has 1 N–H and O–H groups in total. The number of aryl methyl sites for hydroxylation is 1. The summed E-state index contributed by atoms with van der Waals surface area (Å²) >= 11 is 5.63. The highest BCUT2D eigenvalue weighted by Crippen LogP contribution is 2.21. The fourth-order valence-corrected chi connectivity index (χ4v) is 2.21. The number of carbonyl (C=O) groups is 2. The Balaban J connectivity index is 2.06. The summed E-state index contributed by atoms with van der Waals surface area (Å²) in [6.45, 7) is 2.87. The zero-order chi connectivity index (χ0) is 19.4. The van der Waals surface area contributed by atoms with Crippen LogP contribution >= 0.6 is 11.6 Å². The average molecular weight is 381 g/mol. The molecule has 0 saturated heterocycles. The van der Waals surface area contributed by atoms with E-state index in [0.717, 1.165) is 12.1 Å². The number of benzene rings is 2. The van der Waals surface area contributed by atoms with E-state index in [0.29, 0.717) is 5.56 Å². The van der Waals surface area contributed by atoms with Crippen molar-refractivity contribution in [2.24, 2.45) is 0 Å². The highest BCUT2D eigenvalue weighted by Gasteiger charge is 2.21. The highest BCUT2D eigenvalue weighted by atomic mass is 35.5. The molecule has 0 bridgehead atoms. The van der Waals surface area contributed by atoms with Gasteiger partial charge < -0.3 is 10.1 Å². The summed E-state index contributed by atoms with van der Waals surface area (Å²) in [6, 6.07) is 7.47. The van der Waals surface area contributed by atoms with Crippen molar-refractivity contribution in [3.63, 3.8) is 0 Å². The first kappa shape index (κ1) is 19.3. The first-order valence-electron chi connectivity index (χ1n) is 7.41. The molecule has 136 valence electrons. The quantitative estimate of drug-likeness (QED) is 0.482. The number of nitro groups is 1. The summed E-state index contributed by atoms with van der Waals surface area (Å²) in [5.41, 5.74) is 0.352. The monoisotopic (exact) mass is 380 g/mol. The first-order chi connectivity index (χ1) is 12.2. The molecule has 2 rings (SSSR count). The Bertz CT molecular complexity index is 887. The topological polar surface area (TPSA) is 98.5 Å². The number of halogens is 2. The molecular formula is C17H14ClFN2O5. The van der Waals surface area contributed by atoms with Crippen LogP contribution in [0.5, 0.6) is 0 Å². The highest BCUT2D eigenvalue weighted by molar-refractivity contribution is 6.31. The van der Waals surface area contributed by atoms with Crippen molar-refractivity contribution >= 4 is 34.9 Å². The number of hydrogen-bond acceptors (Lipinski definition) is 5. The van der Waals surface area contributed by atoms with Gasteiger partial charge in [0.1, 0.15) is 5.82 Å². The van der Waals surface area contributed by atoms with E-state index in [4.69, 9.17) is 16.3 Å². The lowest BCUT2D eigenvalue weighted by Crippen LogP contribution is -2.30. The van der Waals surface area contributed by atoms with Crippen LogP contribution in [0.15, 0.2) is 36.4 Å². The number of nitrogens with one attached hydrogen (secondary N) is 1. The van der Waals surface area contributed by atoms with Gasteiger partial charge in [0.25, 0.3) is 11.6 Å². The Morgan fingerprint density at radius 1 is 1.27 bits per heavy atom. The van der Waals surface area contributed by atoms with Crippen LogP contribution in [0.4, 0.5) is 15.8 Å². The Morgan fingerprint density at radius 2 is 1.96 bits per heavy atom. The van der Waals surface area contributed by atoms with Gasteiger partial charge in [-0.1, -0.05) is 17.7 Å². The number of ether oxygens (including phenoxy) is 1. The lowest BCUT2D eigenvalue weighted by atomic mass is 10.1. The smallest absolute Gasteiger partial charge is 0.339 e. The van der Waals surface area contributed by atoms with Crippen LogP contribution in [0.25, 0.3) is 0 Å². The van der Waals surface area contributed by atoms with Crippen LogP contribution < -0.4 is 5.32 Å². The summed E-state index contributed by atoms with van der Waals surface area (Å²) in [6.07, 6.45) is -1.19. The fraction of sp³-hybridized carbons (Fsp3) is 0.176. The molecule has 0 unspecified atom stereocenters. The normalized spacial score (nSPS) is 11.5. The molecule has 1 amide bonds. The Morgan fingerprint density at radius 3 is 2.58 bits per heavy atom.